The van der Waals surface area contributed by atoms with Gasteiger partial charge in [-0.05, 0) is 6.07 Å². The summed E-state index contributed by atoms with van der Waals surface area (Å²) in [5.41, 5.74) is 0.326. The highest BCUT2D eigenvalue weighted by molar-refractivity contribution is 5.35. The van der Waals surface area contributed by atoms with Crippen LogP contribution in [-0.4, -0.2) is 5.11 Å². The number of rotatable bonds is 1. The van der Waals surface area contributed by atoms with Crippen molar-refractivity contribution in [3.05, 3.63) is 29.6 Å². The molecule has 0 bridgehead atoms. The summed E-state index contributed by atoms with van der Waals surface area (Å²) < 4.78 is 12.5. The number of hydrogen-bond acceptors (Lipinski definition) is 2. The lowest BCUT2D eigenvalue weighted by molar-refractivity contribution is 0.427. The maximum atomic E-state index is 12.5. The molecule has 0 saturated carbocycles. The summed E-state index contributed by atoms with van der Waals surface area (Å²) in [5.74, 6) is -1.10. The van der Waals surface area contributed by atoms with Crippen molar-refractivity contribution in [2.75, 3.05) is 0 Å². The number of para-hydroxylation sites is 1. The summed E-state index contributed by atoms with van der Waals surface area (Å²) in [6.07, 6.45) is 0.0313. The third-order valence-corrected chi connectivity index (χ3v) is 1.34. The maximum absolute atomic E-state index is 12.5. The smallest absolute Gasteiger partial charge is 0.165 e. The summed E-state index contributed by atoms with van der Waals surface area (Å²) in [4.78, 5) is 0. The Kier molecular flexibility index (Phi) is 2.07. The minimum absolute atomic E-state index is 0.0313. The standard InChI is InChI=1S/C8H6FNO/c9-7-3-1-2-6(4-5-10)8(7)11/h1-3,11H,4H2. The van der Waals surface area contributed by atoms with Gasteiger partial charge in [0, 0.05) is 5.56 Å². The van der Waals surface area contributed by atoms with E-state index in [1.807, 2.05) is 6.07 Å². The number of nitriles is 1. The molecule has 1 rings (SSSR count). The van der Waals surface area contributed by atoms with Crippen LogP contribution < -0.4 is 0 Å². The third-order valence-electron chi connectivity index (χ3n) is 1.34. The normalized spacial score (nSPS) is 9.09. The van der Waals surface area contributed by atoms with Crippen LogP contribution in [0, 0.1) is 17.1 Å². The van der Waals surface area contributed by atoms with Crippen molar-refractivity contribution >= 4 is 0 Å². The fraction of sp³-hybridized carbons (Fsp3) is 0.125. The van der Waals surface area contributed by atoms with Crippen molar-refractivity contribution in [3.63, 3.8) is 0 Å². The Morgan fingerprint density at radius 2 is 2.27 bits per heavy atom. The largest absolute Gasteiger partial charge is 0.505 e. The molecule has 0 fully saturated rings. The molecule has 56 valence electrons. The van der Waals surface area contributed by atoms with Gasteiger partial charge < -0.3 is 5.11 Å². The van der Waals surface area contributed by atoms with Gasteiger partial charge in [-0.25, -0.2) is 4.39 Å². The first kappa shape index (κ1) is 7.55. The molecule has 0 amide bonds. The molecule has 2 nitrogen and oxygen atoms in total. The fourth-order valence-electron chi connectivity index (χ4n) is 0.788. The first-order valence-electron chi connectivity index (χ1n) is 3.09. The van der Waals surface area contributed by atoms with E-state index in [0.29, 0.717) is 5.56 Å². The molecule has 0 heterocycles. The van der Waals surface area contributed by atoms with Gasteiger partial charge in [0.25, 0.3) is 0 Å². The van der Waals surface area contributed by atoms with Crippen LogP contribution >= 0.6 is 0 Å². The van der Waals surface area contributed by atoms with E-state index in [0.717, 1.165) is 6.07 Å². The molecule has 3 heteroatoms. The third kappa shape index (κ3) is 1.47. The molecule has 1 N–H and O–H groups in total. The molecule has 0 aliphatic rings. The zero-order chi connectivity index (χ0) is 8.27. The van der Waals surface area contributed by atoms with E-state index in [9.17, 15) is 4.39 Å². The number of nitrogens with zero attached hydrogens (tertiary/aromatic N) is 1. The van der Waals surface area contributed by atoms with Crippen molar-refractivity contribution in [2.45, 2.75) is 6.42 Å². The van der Waals surface area contributed by atoms with Crippen molar-refractivity contribution in [1.29, 1.82) is 5.26 Å². The van der Waals surface area contributed by atoms with Gasteiger partial charge in [-0.1, -0.05) is 12.1 Å². The number of phenols is 1. The lowest BCUT2D eigenvalue weighted by Gasteiger charge is -1.98. The molecule has 0 aromatic heterocycles. The van der Waals surface area contributed by atoms with Crippen molar-refractivity contribution in [2.24, 2.45) is 0 Å². The number of halogens is 1. The Morgan fingerprint density at radius 1 is 1.55 bits per heavy atom. The average molecular weight is 151 g/mol. The average Bonchev–Trinajstić information content (AvgIpc) is 1.99. The Hall–Kier alpha value is -1.56. The van der Waals surface area contributed by atoms with Crippen molar-refractivity contribution < 1.29 is 9.50 Å². The van der Waals surface area contributed by atoms with E-state index in [-0.39, 0.29) is 6.42 Å². The lowest BCUT2D eigenvalue weighted by Crippen LogP contribution is -1.85. The van der Waals surface area contributed by atoms with Crippen LogP contribution in [0.4, 0.5) is 4.39 Å². The second kappa shape index (κ2) is 3.02. The van der Waals surface area contributed by atoms with E-state index < -0.39 is 11.6 Å². The molecule has 0 saturated heterocycles. The Balaban J connectivity index is 3.08. The molecule has 0 aliphatic carbocycles. The van der Waals surface area contributed by atoms with E-state index in [1.54, 1.807) is 0 Å². The first-order valence-corrected chi connectivity index (χ1v) is 3.09. The number of benzene rings is 1. The topological polar surface area (TPSA) is 44.0 Å². The minimum Gasteiger partial charge on any atom is -0.505 e. The van der Waals surface area contributed by atoms with Gasteiger partial charge in [-0.2, -0.15) is 5.26 Å². The molecule has 0 radical (unpaired) electrons. The van der Waals surface area contributed by atoms with Gasteiger partial charge in [-0.15, -0.1) is 0 Å². The highest BCUT2D eigenvalue weighted by Gasteiger charge is 2.04. The van der Waals surface area contributed by atoms with Crippen LogP contribution in [0.3, 0.4) is 0 Å². The molecule has 1 aromatic rings. The maximum Gasteiger partial charge on any atom is 0.165 e. The highest BCUT2D eigenvalue weighted by Crippen LogP contribution is 2.20. The van der Waals surface area contributed by atoms with Crippen LogP contribution in [-0.2, 0) is 6.42 Å². The number of aromatic hydroxyl groups is 1. The second-order valence-electron chi connectivity index (χ2n) is 2.08. The Labute approximate surface area is 63.5 Å². The molecular weight excluding hydrogens is 145 g/mol. The van der Waals surface area contributed by atoms with Crippen LogP contribution in [0.5, 0.6) is 5.75 Å². The minimum atomic E-state index is -0.683. The zero-order valence-corrected chi connectivity index (χ0v) is 5.71. The SMILES string of the molecule is N#CCc1cccc(F)c1O. The second-order valence-corrected chi connectivity index (χ2v) is 2.08. The van der Waals surface area contributed by atoms with Crippen LogP contribution in [0.2, 0.25) is 0 Å². The number of hydrogen-bond donors (Lipinski definition) is 1. The Bertz CT molecular complexity index is 303. The van der Waals surface area contributed by atoms with Crippen molar-refractivity contribution in [3.8, 4) is 11.8 Å². The van der Waals surface area contributed by atoms with E-state index >= 15 is 0 Å². The summed E-state index contributed by atoms with van der Waals surface area (Å²) in [6, 6.07) is 5.95. The summed E-state index contributed by atoms with van der Waals surface area (Å²) in [7, 11) is 0. The van der Waals surface area contributed by atoms with E-state index in [2.05, 4.69) is 0 Å². The molecule has 11 heavy (non-hydrogen) atoms. The molecule has 0 unspecified atom stereocenters. The van der Waals surface area contributed by atoms with Crippen LogP contribution in [0.25, 0.3) is 0 Å². The quantitative estimate of drug-likeness (QED) is 0.662. The predicted octanol–water partition coefficient (Wildman–Crippen LogP) is 1.60. The van der Waals surface area contributed by atoms with E-state index in [1.165, 1.54) is 12.1 Å². The Morgan fingerprint density at radius 3 is 2.91 bits per heavy atom. The van der Waals surface area contributed by atoms with Gasteiger partial charge in [0.15, 0.2) is 11.6 Å². The summed E-state index contributed by atoms with van der Waals surface area (Å²) >= 11 is 0. The predicted molar refractivity (Wildman–Crippen MR) is 37.4 cm³/mol. The monoisotopic (exact) mass is 151 g/mol. The van der Waals surface area contributed by atoms with Crippen molar-refractivity contribution in [1.82, 2.24) is 0 Å². The first-order chi connectivity index (χ1) is 5.25. The van der Waals surface area contributed by atoms with E-state index in [4.69, 9.17) is 10.4 Å². The lowest BCUT2D eigenvalue weighted by atomic mass is 10.1. The molecule has 0 aliphatic heterocycles. The molecule has 0 spiro atoms. The van der Waals surface area contributed by atoms with Gasteiger partial charge in [-0.3, -0.25) is 0 Å². The highest BCUT2D eigenvalue weighted by atomic mass is 19.1. The molecule has 1 aromatic carbocycles. The van der Waals surface area contributed by atoms with Gasteiger partial charge in [0.2, 0.25) is 0 Å². The van der Waals surface area contributed by atoms with Gasteiger partial charge in [0.1, 0.15) is 0 Å². The summed E-state index contributed by atoms with van der Waals surface area (Å²) in [6.45, 7) is 0. The summed E-state index contributed by atoms with van der Waals surface area (Å²) in [5, 5.41) is 17.3. The van der Waals surface area contributed by atoms with Gasteiger partial charge in [0.05, 0.1) is 12.5 Å². The molecule has 0 atom stereocenters. The molecular formula is C8H6FNO. The van der Waals surface area contributed by atoms with Crippen LogP contribution in [0.15, 0.2) is 18.2 Å². The fourth-order valence-corrected chi connectivity index (χ4v) is 0.788. The van der Waals surface area contributed by atoms with Crippen LogP contribution in [0.1, 0.15) is 5.56 Å². The zero-order valence-electron chi connectivity index (χ0n) is 5.71. The van der Waals surface area contributed by atoms with Gasteiger partial charge >= 0.3 is 0 Å². The number of phenolic OH excluding ortho intramolecular Hbond substituents is 1.